The van der Waals surface area contributed by atoms with E-state index in [9.17, 15) is 4.55 Å². The van der Waals surface area contributed by atoms with Gasteiger partial charge >= 0.3 is 0 Å². The second-order valence-electron chi connectivity index (χ2n) is 4.05. The molecule has 2 N–H and O–H groups in total. The van der Waals surface area contributed by atoms with E-state index in [1.165, 1.54) is 0 Å². The van der Waals surface area contributed by atoms with Crippen molar-refractivity contribution in [3.63, 3.8) is 0 Å². The van der Waals surface area contributed by atoms with Crippen LogP contribution in [0.2, 0.25) is 0 Å². The van der Waals surface area contributed by atoms with Crippen molar-refractivity contribution >= 4 is 16.9 Å². The first-order chi connectivity index (χ1) is 7.50. The van der Waals surface area contributed by atoms with Crippen molar-refractivity contribution in [2.75, 3.05) is 0 Å². The second-order valence-corrected chi connectivity index (χ2v) is 5.66. The van der Waals surface area contributed by atoms with Gasteiger partial charge in [0.25, 0.3) is 0 Å². The summed E-state index contributed by atoms with van der Waals surface area (Å²) < 4.78 is 11.0. The Labute approximate surface area is 100 Å². The Morgan fingerprint density at radius 1 is 1.56 bits per heavy atom. The number of aromatic nitrogens is 1. The quantitative estimate of drug-likeness (QED) is 0.818. The third-order valence-corrected chi connectivity index (χ3v) is 3.73. The van der Waals surface area contributed by atoms with Gasteiger partial charge < -0.3 is 4.55 Å². The molecule has 1 heterocycles. The Balaban J connectivity index is 3.17. The average Bonchev–Trinajstić information content (AvgIpc) is 2.26. The fourth-order valence-electron chi connectivity index (χ4n) is 1.49. The van der Waals surface area contributed by atoms with Gasteiger partial charge in [0.1, 0.15) is 0 Å². The number of nitrogens with two attached hydrogens (primary N) is 1. The fourth-order valence-corrected chi connectivity index (χ4v) is 1.90. The van der Waals surface area contributed by atoms with E-state index in [4.69, 9.17) is 5.14 Å². The lowest BCUT2D eigenvalue weighted by atomic mass is 9.97. The molecule has 0 radical (unpaired) electrons. The third-order valence-electron chi connectivity index (χ3n) is 2.50. The van der Waals surface area contributed by atoms with Crippen LogP contribution in [0.1, 0.15) is 32.9 Å². The molecule has 0 aliphatic rings. The number of hydrogen-bond donors (Lipinski definition) is 1. The molecule has 0 saturated carbocycles. The highest BCUT2D eigenvalue weighted by Crippen LogP contribution is 2.31. The van der Waals surface area contributed by atoms with Crippen LogP contribution >= 0.6 is 0 Å². The summed E-state index contributed by atoms with van der Waals surface area (Å²) >= 11 is -1.42. The van der Waals surface area contributed by atoms with Gasteiger partial charge in [0, 0.05) is 23.1 Å². The standard InChI is InChI=1S/C12H18N2OS/c1-4-7-10(12(2,3)16(13)15)11-8-5-6-9-14-11/h5-9H,4,13H2,1-3H3. The highest BCUT2D eigenvalue weighted by Gasteiger charge is 2.35. The summed E-state index contributed by atoms with van der Waals surface area (Å²) in [6, 6.07) is 5.69. The zero-order valence-corrected chi connectivity index (χ0v) is 10.8. The van der Waals surface area contributed by atoms with E-state index in [0.717, 1.165) is 17.7 Å². The Hall–Kier alpha value is -0.840. The van der Waals surface area contributed by atoms with Gasteiger partial charge in [0.15, 0.2) is 4.75 Å². The van der Waals surface area contributed by atoms with Crippen molar-refractivity contribution in [3.8, 4) is 0 Å². The average molecular weight is 238 g/mol. The topological polar surface area (TPSA) is 62.0 Å². The first kappa shape index (κ1) is 13.2. The summed E-state index contributed by atoms with van der Waals surface area (Å²) in [5.41, 5.74) is 1.78. The van der Waals surface area contributed by atoms with E-state index in [2.05, 4.69) is 4.98 Å². The lowest BCUT2D eigenvalue weighted by Gasteiger charge is -2.27. The molecule has 0 aliphatic heterocycles. The van der Waals surface area contributed by atoms with Gasteiger partial charge in [-0.25, -0.2) is 0 Å². The highest BCUT2D eigenvalue weighted by molar-refractivity contribution is 7.91. The van der Waals surface area contributed by atoms with Gasteiger partial charge in [-0.3, -0.25) is 4.98 Å². The van der Waals surface area contributed by atoms with E-state index < -0.39 is 16.1 Å². The van der Waals surface area contributed by atoms with Crippen LogP contribution in [0.25, 0.3) is 5.57 Å². The van der Waals surface area contributed by atoms with Crippen LogP contribution in [0.15, 0.2) is 30.5 Å². The molecule has 1 atom stereocenters. The van der Waals surface area contributed by atoms with Gasteiger partial charge in [0.05, 0.1) is 5.69 Å². The largest absolute Gasteiger partial charge is 0.598 e. The van der Waals surface area contributed by atoms with Gasteiger partial charge in [-0.1, -0.05) is 19.1 Å². The molecule has 4 heteroatoms. The molecule has 0 spiro atoms. The molecular formula is C12H18N2OS. The molecule has 1 rings (SSSR count). The summed E-state index contributed by atoms with van der Waals surface area (Å²) in [7, 11) is 0. The monoisotopic (exact) mass is 238 g/mol. The highest BCUT2D eigenvalue weighted by atomic mass is 32.2. The maximum absolute atomic E-state index is 11.6. The molecule has 88 valence electrons. The maximum Gasteiger partial charge on any atom is 0.166 e. The molecule has 0 bridgehead atoms. The SMILES string of the molecule is CCC=C(c1ccccn1)C(C)(C)[S+](N)[O-]. The summed E-state index contributed by atoms with van der Waals surface area (Å²) in [6.07, 6.45) is 4.63. The maximum atomic E-state index is 11.6. The molecule has 0 saturated heterocycles. The third kappa shape index (κ3) is 2.84. The van der Waals surface area contributed by atoms with Crippen LogP contribution in [0, 0.1) is 0 Å². The van der Waals surface area contributed by atoms with Crippen molar-refractivity contribution in [3.05, 3.63) is 36.2 Å². The van der Waals surface area contributed by atoms with Crippen LogP contribution in [-0.4, -0.2) is 14.3 Å². The first-order valence-electron chi connectivity index (χ1n) is 5.28. The predicted octanol–water partition coefficient (Wildman–Crippen LogP) is 2.28. The molecule has 16 heavy (non-hydrogen) atoms. The van der Waals surface area contributed by atoms with E-state index in [0.29, 0.717) is 0 Å². The summed E-state index contributed by atoms with van der Waals surface area (Å²) in [4.78, 5) is 4.29. The normalized spacial score (nSPS) is 14.9. The summed E-state index contributed by atoms with van der Waals surface area (Å²) in [6.45, 7) is 5.79. The van der Waals surface area contributed by atoms with Gasteiger partial charge in [-0.2, -0.15) is 5.14 Å². The zero-order valence-electron chi connectivity index (χ0n) is 9.93. The molecule has 1 unspecified atom stereocenters. The number of nitrogens with zero attached hydrogens (tertiary/aromatic N) is 1. The van der Waals surface area contributed by atoms with E-state index in [1.807, 2.05) is 45.0 Å². The lowest BCUT2D eigenvalue weighted by Crippen LogP contribution is -2.39. The molecule has 1 aromatic heterocycles. The minimum Gasteiger partial charge on any atom is -0.598 e. The van der Waals surface area contributed by atoms with Gasteiger partial charge in [0.2, 0.25) is 0 Å². The van der Waals surface area contributed by atoms with Crippen LogP contribution in [0.5, 0.6) is 0 Å². The predicted molar refractivity (Wildman–Crippen MR) is 68.9 cm³/mol. The molecular weight excluding hydrogens is 220 g/mol. The number of hydrogen-bond acceptors (Lipinski definition) is 3. The molecule has 0 aromatic carbocycles. The van der Waals surface area contributed by atoms with Crippen LogP contribution in [-0.2, 0) is 11.4 Å². The molecule has 1 aromatic rings. The number of rotatable bonds is 4. The van der Waals surface area contributed by atoms with Crippen molar-refractivity contribution in [1.82, 2.24) is 4.98 Å². The first-order valence-corrected chi connectivity index (χ1v) is 6.49. The minimum atomic E-state index is -1.42. The smallest absolute Gasteiger partial charge is 0.166 e. The zero-order chi connectivity index (χ0) is 12.2. The van der Waals surface area contributed by atoms with Crippen LogP contribution in [0.3, 0.4) is 0 Å². The van der Waals surface area contributed by atoms with Crippen molar-refractivity contribution in [2.24, 2.45) is 5.14 Å². The molecule has 3 nitrogen and oxygen atoms in total. The van der Waals surface area contributed by atoms with Crippen molar-refractivity contribution in [2.45, 2.75) is 31.9 Å². The van der Waals surface area contributed by atoms with E-state index in [-0.39, 0.29) is 0 Å². The Bertz CT molecular complexity index is 361. The van der Waals surface area contributed by atoms with Gasteiger partial charge in [-0.05, 0) is 32.4 Å². The fraction of sp³-hybridized carbons (Fsp3) is 0.417. The summed E-state index contributed by atoms with van der Waals surface area (Å²) in [5, 5.41) is 5.54. The lowest BCUT2D eigenvalue weighted by molar-refractivity contribution is 0.575. The van der Waals surface area contributed by atoms with Crippen LogP contribution < -0.4 is 5.14 Å². The van der Waals surface area contributed by atoms with E-state index >= 15 is 0 Å². The number of pyridine rings is 1. The van der Waals surface area contributed by atoms with Gasteiger partial charge in [-0.15, -0.1) is 0 Å². The molecule has 0 fully saturated rings. The van der Waals surface area contributed by atoms with E-state index in [1.54, 1.807) is 6.20 Å². The summed E-state index contributed by atoms with van der Waals surface area (Å²) in [5.74, 6) is 0. The number of allylic oxidation sites excluding steroid dienone is 1. The second kappa shape index (κ2) is 5.48. The molecule has 0 aliphatic carbocycles. The Morgan fingerprint density at radius 3 is 2.69 bits per heavy atom. The van der Waals surface area contributed by atoms with Crippen molar-refractivity contribution in [1.29, 1.82) is 0 Å². The van der Waals surface area contributed by atoms with Crippen molar-refractivity contribution < 1.29 is 4.55 Å². The Kier molecular flexibility index (Phi) is 4.53. The minimum absolute atomic E-state index is 0.579. The Morgan fingerprint density at radius 2 is 2.25 bits per heavy atom. The van der Waals surface area contributed by atoms with Crippen LogP contribution in [0.4, 0.5) is 0 Å². The molecule has 0 amide bonds.